The summed E-state index contributed by atoms with van der Waals surface area (Å²) in [5.74, 6) is -0.435. The van der Waals surface area contributed by atoms with Gasteiger partial charge in [0.2, 0.25) is 15.9 Å². The lowest BCUT2D eigenvalue weighted by atomic mass is 10.3. The zero-order chi connectivity index (χ0) is 22.8. The Morgan fingerprint density at radius 2 is 1.81 bits per heavy atom. The van der Waals surface area contributed by atoms with E-state index in [-0.39, 0.29) is 47.5 Å². The number of benzene rings is 1. The van der Waals surface area contributed by atoms with E-state index in [0.717, 1.165) is 26.0 Å². The van der Waals surface area contributed by atoms with Crippen molar-refractivity contribution in [1.29, 1.82) is 0 Å². The highest BCUT2D eigenvalue weighted by atomic mass is 32.2. The standard InChI is InChI=1S/C17H20N4O7S3/c1-18(31(27,28)17-6-3-11-29-17)13-16(22)19-7-9-20(10-8-19)30(25,26)15-5-2-4-14(12-15)21(23)24/h2-6,11-12H,7-10,13H2,1H3. The number of nitro groups is 1. The van der Waals surface area contributed by atoms with Gasteiger partial charge < -0.3 is 4.90 Å². The molecule has 0 spiro atoms. The van der Waals surface area contributed by atoms with Crippen molar-refractivity contribution in [2.24, 2.45) is 0 Å². The Hall–Kier alpha value is -2.39. The second-order valence-corrected chi connectivity index (χ2v) is 11.9. The third kappa shape index (κ3) is 4.93. The maximum Gasteiger partial charge on any atom is 0.270 e. The summed E-state index contributed by atoms with van der Waals surface area (Å²) in [5, 5.41) is 12.5. The number of carbonyl (C=O) groups excluding carboxylic acids is 1. The molecule has 1 amide bonds. The van der Waals surface area contributed by atoms with Gasteiger partial charge in [0.05, 0.1) is 16.4 Å². The Labute approximate surface area is 183 Å². The van der Waals surface area contributed by atoms with Gasteiger partial charge in [0.25, 0.3) is 15.7 Å². The van der Waals surface area contributed by atoms with E-state index in [1.165, 1.54) is 36.2 Å². The number of nitrogens with zero attached hydrogens (tertiary/aromatic N) is 4. The number of likely N-dealkylation sites (N-methyl/N-ethyl adjacent to an activating group) is 1. The van der Waals surface area contributed by atoms with Gasteiger partial charge in [0.15, 0.2) is 0 Å². The van der Waals surface area contributed by atoms with E-state index < -0.39 is 30.9 Å². The van der Waals surface area contributed by atoms with Gasteiger partial charge in [0, 0.05) is 45.4 Å². The zero-order valence-corrected chi connectivity index (χ0v) is 18.9. The molecule has 0 saturated carbocycles. The molecule has 1 aromatic carbocycles. The molecule has 0 unspecified atom stereocenters. The smallest absolute Gasteiger partial charge is 0.270 e. The van der Waals surface area contributed by atoms with Gasteiger partial charge in [-0.15, -0.1) is 11.3 Å². The molecule has 1 aromatic heterocycles. The van der Waals surface area contributed by atoms with Crippen LogP contribution < -0.4 is 0 Å². The third-order valence-electron chi connectivity index (χ3n) is 4.78. The van der Waals surface area contributed by atoms with E-state index >= 15 is 0 Å². The third-order valence-corrected chi connectivity index (χ3v) is 9.85. The number of hydrogen-bond donors (Lipinski definition) is 0. The molecule has 3 rings (SSSR count). The summed E-state index contributed by atoms with van der Waals surface area (Å²) >= 11 is 1.05. The molecular weight excluding hydrogens is 468 g/mol. The quantitative estimate of drug-likeness (QED) is 0.415. The van der Waals surface area contributed by atoms with Crippen molar-refractivity contribution in [3.8, 4) is 0 Å². The number of non-ortho nitro benzene ring substituents is 1. The maximum atomic E-state index is 12.8. The fraction of sp³-hybridized carbons (Fsp3) is 0.353. The van der Waals surface area contributed by atoms with E-state index in [9.17, 15) is 31.7 Å². The molecular formula is C17H20N4O7S3. The molecule has 2 aromatic rings. The predicted molar refractivity (Wildman–Crippen MR) is 113 cm³/mol. The number of nitro benzene ring substituents is 1. The van der Waals surface area contributed by atoms with Crippen LogP contribution >= 0.6 is 11.3 Å². The molecule has 0 bridgehead atoms. The summed E-state index contributed by atoms with van der Waals surface area (Å²) in [6.07, 6.45) is 0. The highest BCUT2D eigenvalue weighted by Gasteiger charge is 2.32. The van der Waals surface area contributed by atoms with Gasteiger partial charge in [-0.1, -0.05) is 12.1 Å². The van der Waals surface area contributed by atoms with Crippen molar-refractivity contribution < 1.29 is 26.6 Å². The first-order valence-corrected chi connectivity index (χ1v) is 12.8. The molecule has 1 fully saturated rings. The number of carbonyl (C=O) groups is 1. The summed E-state index contributed by atoms with van der Waals surface area (Å²) in [5.41, 5.74) is -0.329. The van der Waals surface area contributed by atoms with Crippen LogP contribution in [-0.2, 0) is 24.8 Å². The number of amides is 1. The predicted octanol–water partition coefficient (Wildman–Crippen LogP) is 0.810. The Morgan fingerprint density at radius 3 is 2.39 bits per heavy atom. The zero-order valence-electron chi connectivity index (χ0n) is 16.4. The lowest BCUT2D eigenvalue weighted by Gasteiger charge is -2.34. The average Bonchev–Trinajstić information content (AvgIpc) is 3.29. The van der Waals surface area contributed by atoms with Crippen LogP contribution in [0.3, 0.4) is 0 Å². The summed E-state index contributed by atoms with van der Waals surface area (Å²) in [4.78, 5) is 24.0. The van der Waals surface area contributed by atoms with Crippen LogP contribution in [0.2, 0.25) is 0 Å². The maximum absolute atomic E-state index is 12.8. The molecule has 31 heavy (non-hydrogen) atoms. The SMILES string of the molecule is CN(CC(=O)N1CCN(S(=O)(=O)c2cccc([N+](=O)[O-])c2)CC1)S(=O)(=O)c1cccs1. The van der Waals surface area contributed by atoms with Crippen molar-refractivity contribution in [3.63, 3.8) is 0 Å². The van der Waals surface area contributed by atoms with E-state index in [0.29, 0.717) is 0 Å². The minimum absolute atomic E-state index is 0.00183. The monoisotopic (exact) mass is 488 g/mol. The number of thiophene rings is 1. The van der Waals surface area contributed by atoms with Crippen molar-refractivity contribution in [2.45, 2.75) is 9.10 Å². The van der Waals surface area contributed by atoms with Crippen LogP contribution in [0.25, 0.3) is 0 Å². The van der Waals surface area contributed by atoms with E-state index in [2.05, 4.69) is 0 Å². The highest BCUT2D eigenvalue weighted by Crippen LogP contribution is 2.23. The first-order chi connectivity index (χ1) is 14.5. The highest BCUT2D eigenvalue weighted by molar-refractivity contribution is 7.91. The first kappa shape index (κ1) is 23.3. The number of hydrogen-bond acceptors (Lipinski definition) is 8. The normalized spacial score (nSPS) is 15.9. The van der Waals surface area contributed by atoms with Crippen LogP contribution in [-0.4, -0.2) is 80.9 Å². The van der Waals surface area contributed by atoms with Crippen LogP contribution in [0.1, 0.15) is 0 Å². The molecule has 11 nitrogen and oxygen atoms in total. The largest absolute Gasteiger partial charge is 0.339 e. The van der Waals surface area contributed by atoms with Crippen molar-refractivity contribution in [2.75, 3.05) is 39.8 Å². The summed E-state index contributed by atoms with van der Waals surface area (Å²) in [6, 6.07) is 7.85. The van der Waals surface area contributed by atoms with Crippen molar-refractivity contribution in [3.05, 3.63) is 51.9 Å². The second kappa shape index (κ2) is 9.00. The van der Waals surface area contributed by atoms with Crippen molar-refractivity contribution in [1.82, 2.24) is 13.5 Å². The van der Waals surface area contributed by atoms with Gasteiger partial charge in [0.1, 0.15) is 4.21 Å². The first-order valence-electron chi connectivity index (χ1n) is 9.05. The fourth-order valence-corrected chi connectivity index (χ4v) is 6.81. The lowest BCUT2D eigenvalue weighted by Crippen LogP contribution is -2.52. The molecule has 2 heterocycles. The van der Waals surface area contributed by atoms with Gasteiger partial charge in [-0.2, -0.15) is 8.61 Å². The molecule has 0 N–H and O–H groups in total. The van der Waals surface area contributed by atoms with Crippen LogP contribution in [0.4, 0.5) is 5.69 Å². The van der Waals surface area contributed by atoms with E-state index in [1.807, 2.05) is 0 Å². The second-order valence-electron chi connectivity index (χ2n) is 6.73. The summed E-state index contributed by atoms with van der Waals surface area (Å²) < 4.78 is 52.8. The van der Waals surface area contributed by atoms with Crippen LogP contribution in [0, 0.1) is 10.1 Å². The molecule has 168 valence electrons. The average molecular weight is 489 g/mol. The molecule has 1 aliphatic heterocycles. The Balaban J connectivity index is 1.63. The van der Waals surface area contributed by atoms with E-state index in [4.69, 9.17) is 0 Å². The number of rotatable bonds is 7. The molecule has 14 heteroatoms. The lowest BCUT2D eigenvalue weighted by molar-refractivity contribution is -0.385. The Kier molecular flexibility index (Phi) is 6.76. The van der Waals surface area contributed by atoms with Crippen LogP contribution in [0.5, 0.6) is 0 Å². The van der Waals surface area contributed by atoms with Crippen molar-refractivity contribution >= 4 is 43.0 Å². The van der Waals surface area contributed by atoms with Crippen LogP contribution in [0.15, 0.2) is 50.9 Å². The van der Waals surface area contributed by atoms with Gasteiger partial charge in [-0.25, -0.2) is 16.8 Å². The molecule has 0 aliphatic carbocycles. The topological polar surface area (TPSA) is 138 Å². The van der Waals surface area contributed by atoms with E-state index in [1.54, 1.807) is 11.4 Å². The molecule has 1 aliphatic rings. The summed E-state index contributed by atoms with van der Waals surface area (Å²) in [6.45, 7) is -0.200. The molecule has 1 saturated heterocycles. The fourth-order valence-electron chi connectivity index (χ4n) is 3.02. The Morgan fingerprint density at radius 1 is 1.13 bits per heavy atom. The molecule has 0 atom stereocenters. The van der Waals surface area contributed by atoms with Gasteiger partial charge >= 0.3 is 0 Å². The molecule has 0 radical (unpaired) electrons. The number of piperazine rings is 1. The number of sulfonamides is 2. The van der Waals surface area contributed by atoms with Gasteiger partial charge in [-0.3, -0.25) is 14.9 Å². The summed E-state index contributed by atoms with van der Waals surface area (Å²) in [7, 11) is -6.41. The minimum Gasteiger partial charge on any atom is -0.339 e. The Bertz CT molecular complexity index is 1170. The van der Waals surface area contributed by atoms with Gasteiger partial charge in [-0.05, 0) is 17.5 Å². The minimum atomic E-state index is -3.96.